The van der Waals surface area contributed by atoms with Crippen LogP contribution in [0.15, 0.2) is 0 Å². The van der Waals surface area contributed by atoms with Crippen molar-refractivity contribution in [2.75, 3.05) is 5.75 Å². The molecule has 1 amide bonds. The summed E-state index contributed by atoms with van der Waals surface area (Å²) in [6, 6.07) is -2.28. The highest BCUT2D eigenvalue weighted by Gasteiger charge is 2.46. The highest BCUT2D eigenvalue weighted by molar-refractivity contribution is 8.13. The van der Waals surface area contributed by atoms with Crippen LogP contribution in [-0.4, -0.2) is 63.8 Å². The van der Waals surface area contributed by atoms with E-state index in [1.807, 2.05) is 20.8 Å². The molecule has 1 heterocycles. The van der Waals surface area contributed by atoms with Crippen LogP contribution in [0.3, 0.4) is 0 Å². The highest BCUT2D eigenvalue weighted by Crippen LogP contribution is 2.39. The number of ketones is 1. The number of alkyl carbamates (subject to hydrolysis) is 1. The van der Waals surface area contributed by atoms with Gasteiger partial charge < -0.3 is 19.5 Å². The Morgan fingerprint density at radius 1 is 0.865 bits per heavy atom. The van der Waals surface area contributed by atoms with E-state index < -0.39 is 46.3 Å². The summed E-state index contributed by atoms with van der Waals surface area (Å²) >= 11 is 0.836. The third-order valence-corrected chi connectivity index (χ3v) is 6.92. The molecule has 0 aromatic carbocycles. The van der Waals surface area contributed by atoms with Gasteiger partial charge in [-0.05, 0) is 98.8 Å². The van der Waals surface area contributed by atoms with Gasteiger partial charge in [0.1, 0.15) is 28.9 Å². The first-order chi connectivity index (χ1) is 16.8. The standard InChI is InChI=1S/C27H46N2O7S/c1-25(2,3)34-22(31)18-14-16-12-10-11-13-17(16)20(28-18)21(30)19(29-23(32)35-26(4,5)6)15-37-24(33)36-27(7,8)9/h16-20,28H,10-15H2,1-9H3,(H,29,32)/t16?,17?,18?,19-,20?/m1/s1. The minimum absolute atomic E-state index is 0.0142. The number of hydrogen-bond donors (Lipinski definition) is 2. The average molecular weight is 543 g/mol. The van der Waals surface area contributed by atoms with Gasteiger partial charge in [0, 0.05) is 5.75 Å². The summed E-state index contributed by atoms with van der Waals surface area (Å²) in [5.41, 5.74) is -2.08. The first kappa shape index (κ1) is 31.4. The Hall–Kier alpha value is -1.81. The second kappa shape index (κ2) is 12.4. The summed E-state index contributed by atoms with van der Waals surface area (Å²) in [6.45, 7) is 15.9. The van der Waals surface area contributed by atoms with Gasteiger partial charge in [0.15, 0.2) is 5.78 Å². The van der Waals surface area contributed by atoms with Gasteiger partial charge >= 0.3 is 17.4 Å². The number of Topliss-reactive ketones (excluding diaryl/α,β-unsaturated/α-hetero) is 1. The Morgan fingerprint density at radius 3 is 2.00 bits per heavy atom. The predicted octanol–water partition coefficient (Wildman–Crippen LogP) is 5.00. The van der Waals surface area contributed by atoms with E-state index in [9.17, 15) is 19.2 Å². The number of thioether (sulfide) groups is 1. The fourth-order valence-corrected chi connectivity index (χ4v) is 5.66. The Balaban J connectivity index is 2.26. The molecule has 2 rings (SSSR count). The van der Waals surface area contributed by atoms with Crippen LogP contribution in [0.1, 0.15) is 94.4 Å². The van der Waals surface area contributed by atoms with E-state index in [2.05, 4.69) is 10.6 Å². The van der Waals surface area contributed by atoms with Crippen molar-refractivity contribution in [3.8, 4) is 0 Å². The Kier molecular flexibility index (Phi) is 10.5. The van der Waals surface area contributed by atoms with Crippen molar-refractivity contribution in [2.45, 2.75) is 129 Å². The van der Waals surface area contributed by atoms with Crippen LogP contribution in [0.4, 0.5) is 9.59 Å². The number of rotatable bonds is 6. The molecule has 2 fully saturated rings. The second-order valence-electron chi connectivity index (χ2n) is 13.1. The van der Waals surface area contributed by atoms with E-state index in [-0.39, 0.29) is 29.3 Å². The first-order valence-corrected chi connectivity index (χ1v) is 14.2. The van der Waals surface area contributed by atoms with E-state index >= 15 is 0 Å². The molecule has 0 aromatic heterocycles. The number of carbonyl (C=O) groups excluding carboxylic acids is 4. The summed E-state index contributed by atoms with van der Waals surface area (Å²) in [5.74, 6) is -0.433. The normalized spacial score (nSPS) is 25.3. The summed E-state index contributed by atoms with van der Waals surface area (Å²) in [6.07, 6.45) is 3.72. The number of fused-ring (bicyclic) bond motifs is 1. The lowest BCUT2D eigenvalue weighted by atomic mass is 9.68. The van der Waals surface area contributed by atoms with Gasteiger partial charge in [0.05, 0.1) is 6.04 Å². The number of amides is 1. The minimum Gasteiger partial charge on any atom is -0.459 e. The van der Waals surface area contributed by atoms with Gasteiger partial charge in [-0.3, -0.25) is 14.9 Å². The minimum atomic E-state index is -1.01. The van der Waals surface area contributed by atoms with Gasteiger partial charge in [0.25, 0.3) is 0 Å². The highest BCUT2D eigenvalue weighted by atomic mass is 32.2. The van der Waals surface area contributed by atoms with E-state index in [0.717, 1.165) is 37.4 Å². The average Bonchev–Trinajstić information content (AvgIpc) is 2.71. The number of piperidine rings is 1. The Morgan fingerprint density at radius 2 is 1.43 bits per heavy atom. The van der Waals surface area contributed by atoms with Crippen LogP contribution in [-0.2, 0) is 23.8 Å². The van der Waals surface area contributed by atoms with E-state index in [4.69, 9.17) is 14.2 Å². The summed E-state index contributed by atoms with van der Waals surface area (Å²) in [7, 11) is 0. The quantitative estimate of drug-likeness (QED) is 0.353. The first-order valence-electron chi connectivity index (χ1n) is 13.2. The molecule has 1 aliphatic heterocycles. The van der Waals surface area contributed by atoms with Gasteiger partial charge in [-0.1, -0.05) is 19.3 Å². The van der Waals surface area contributed by atoms with Crippen molar-refractivity contribution in [1.82, 2.24) is 10.6 Å². The molecule has 2 aliphatic rings. The number of ether oxygens (including phenoxy) is 3. The zero-order valence-electron chi connectivity index (χ0n) is 23.9. The monoisotopic (exact) mass is 542 g/mol. The topological polar surface area (TPSA) is 120 Å². The van der Waals surface area contributed by atoms with Gasteiger partial charge in [-0.25, -0.2) is 9.59 Å². The molecule has 0 aromatic rings. The molecular formula is C27H46N2O7S. The van der Waals surface area contributed by atoms with Crippen molar-refractivity contribution in [3.05, 3.63) is 0 Å². The molecular weight excluding hydrogens is 496 g/mol. The lowest BCUT2D eigenvalue weighted by Crippen LogP contribution is -2.63. The van der Waals surface area contributed by atoms with Gasteiger partial charge in [-0.2, -0.15) is 0 Å². The molecule has 212 valence electrons. The largest absolute Gasteiger partial charge is 0.459 e. The molecule has 37 heavy (non-hydrogen) atoms. The van der Waals surface area contributed by atoms with Crippen molar-refractivity contribution in [1.29, 1.82) is 0 Å². The number of nitrogens with one attached hydrogen (secondary N) is 2. The van der Waals surface area contributed by atoms with E-state index in [1.165, 1.54) is 0 Å². The molecule has 1 aliphatic carbocycles. The van der Waals surface area contributed by atoms with Crippen molar-refractivity contribution >= 4 is 34.9 Å². The third kappa shape index (κ3) is 10.8. The Bertz CT molecular complexity index is 841. The molecule has 9 nitrogen and oxygen atoms in total. The van der Waals surface area contributed by atoms with Crippen LogP contribution in [0.5, 0.6) is 0 Å². The molecule has 4 unspecified atom stereocenters. The fourth-order valence-electron chi connectivity index (χ4n) is 4.80. The predicted molar refractivity (Wildman–Crippen MR) is 143 cm³/mol. The number of esters is 1. The zero-order chi connectivity index (χ0) is 28.2. The maximum Gasteiger partial charge on any atom is 0.408 e. The maximum absolute atomic E-state index is 14.0. The summed E-state index contributed by atoms with van der Waals surface area (Å²) in [4.78, 5) is 51.9. The fraction of sp³-hybridized carbons (Fsp3) is 0.852. The Labute approximate surface area is 225 Å². The second-order valence-corrected chi connectivity index (χ2v) is 14.0. The lowest BCUT2D eigenvalue weighted by Gasteiger charge is -2.45. The summed E-state index contributed by atoms with van der Waals surface area (Å²) in [5, 5.41) is 5.40. The van der Waals surface area contributed by atoms with Crippen molar-refractivity contribution < 1.29 is 33.4 Å². The third-order valence-electron chi connectivity index (χ3n) is 6.10. The van der Waals surface area contributed by atoms with E-state index in [0.29, 0.717) is 6.42 Å². The van der Waals surface area contributed by atoms with Crippen LogP contribution in [0.25, 0.3) is 0 Å². The number of hydrogen-bond acceptors (Lipinski definition) is 9. The lowest BCUT2D eigenvalue weighted by molar-refractivity contribution is -0.160. The molecule has 0 spiro atoms. The summed E-state index contributed by atoms with van der Waals surface area (Å²) < 4.78 is 16.4. The molecule has 5 atom stereocenters. The van der Waals surface area contributed by atoms with Crippen molar-refractivity contribution in [2.24, 2.45) is 11.8 Å². The van der Waals surface area contributed by atoms with Crippen molar-refractivity contribution in [3.63, 3.8) is 0 Å². The molecule has 0 bridgehead atoms. The number of carbonyl (C=O) groups is 4. The smallest absolute Gasteiger partial charge is 0.408 e. The molecule has 1 saturated carbocycles. The van der Waals surface area contributed by atoms with Gasteiger partial charge in [-0.15, -0.1) is 0 Å². The van der Waals surface area contributed by atoms with Crippen LogP contribution >= 0.6 is 11.8 Å². The van der Waals surface area contributed by atoms with E-state index in [1.54, 1.807) is 41.5 Å². The van der Waals surface area contributed by atoms with Gasteiger partial charge in [0.2, 0.25) is 0 Å². The van der Waals surface area contributed by atoms with Crippen LogP contribution < -0.4 is 10.6 Å². The zero-order valence-corrected chi connectivity index (χ0v) is 24.7. The molecule has 0 radical (unpaired) electrons. The molecule has 10 heteroatoms. The van der Waals surface area contributed by atoms with Crippen LogP contribution in [0.2, 0.25) is 0 Å². The molecule has 2 N–H and O–H groups in total. The van der Waals surface area contributed by atoms with Crippen LogP contribution in [0, 0.1) is 11.8 Å². The maximum atomic E-state index is 14.0. The SMILES string of the molecule is CC(C)(C)OC(=O)N[C@H](CSC(=O)OC(C)(C)C)C(=O)C1NC(C(=O)OC(C)(C)C)CC2CCCCC21. The molecule has 1 saturated heterocycles.